The SMILES string of the molecule is COc1ccc2nc3c(cc2c1)C(CC(=O)N1CCCCC1)c1c(cc(O)c2c(=O)cc(-c4ccccc4)oc12)O3. The highest BCUT2D eigenvalue weighted by atomic mass is 16.5. The molecule has 2 aliphatic rings. The number of aromatic nitrogens is 1. The molecular formula is C33H28N2O6. The topological polar surface area (TPSA) is 102 Å². The first-order valence-electron chi connectivity index (χ1n) is 13.8. The van der Waals surface area contributed by atoms with Crippen molar-refractivity contribution in [1.29, 1.82) is 0 Å². The average Bonchev–Trinajstić information content (AvgIpc) is 3.00. The van der Waals surface area contributed by atoms with Crippen LogP contribution in [0.15, 0.2) is 75.9 Å². The molecule has 8 heteroatoms. The maximum atomic E-state index is 13.7. The molecule has 1 atom stereocenters. The van der Waals surface area contributed by atoms with E-state index in [9.17, 15) is 14.7 Å². The fourth-order valence-corrected chi connectivity index (χ4v) is 6.00. The number of ether oxygens (including phenoxy) is 2. The lowest BCUT2D eigenvalue weighted by Crippen LogP contribution is -2.36. The number of pyridine rings is 1. The first-order valence-corrected chi connectivity index (χ1v) is 13.8. The molecule has 5 aromatic rings. The maximum absolute atomic E-state index is 13.7. The van der Waals surface area contributed by atoms with Gasteiger partial charge in [0.25, 0.3) is 0 Å². The Kier molecular flexibility index (Phi) is 6.11. The number of methoxy groups -OCH3 is 1. The van der Waals surface area contributed by atoms with E-state index in [1.165, 1.54) is 12.1 Å². The molecule has 41 heavy (non-hydrogen) atoms. The second-order valence-electron chi connectivity index (χ2n) is 10.6. The number of aromatic hydroxyl groups is 1. The smallest absolute Gasteiger partial charge is 0.223 e. The number of hydrogen-bond donors (Lipinski definition) is 1. The number of likely N-dealkylation sites (tertiary alicyclic amines) is 1. The normalized spacial score (nSPS) is 16.2. The molecule has 0 saturated carbocycles. The lowest BCUT2D eigenvalue weighted by atomic mass is 9.84. The summed E-state index contributed by atoms with van der Waals surface area (Å²) >= 11 is 0. The minimum Gasteiger partial charge on any atom is -0.507 e. The van der Waals surface area contributed by atoms with Gasteiger partial charge in [0.05, 0.1) is 12.6 Å². The van der Waals surface area contributed by atoms with E-state index in [4.69, 9.17) is 18.9 Å². The summed E-state index contributed by atoms with van der Waals surface area (Å²) in [5.41, 5.74) is 2.52. The highest BCUT2D eigenvalue weighted by molar-refractivity contribution is 5.92. The molecule has 0 aliphatic carbocycles. The Morgan fingerprint density at radius 3 is 2.63 bits per heavy atom. The molecular weight excluding hydrogens is 520 g/mol. The molecule has 2 aromatic heterocycles. The van der Waals surface area contributed by atoms with Crippen LogP contribution < -0.4 is 14.9 Å². The molecule has 1 fully saturated rings. The first kappa shape index (κ1) is 25.1. The van der Waals surface area contributed by atoms with Crippen LogP contribution in [-0.2, 0) is 4.79 Å². The molecule has 2 aliphatic heterocycles. The van der Waals surface area contributed by atoms with Gasteiger partial charge in [-0.25, -0.2) is 4.98 Å². The number of piperidine rings is 1. The van der Waals surface area contributed by atoms with Crippen LogP contribution in [0, 0.1) is 0 Å². The van der Waals surface area contributed by atoms with E-state index in [1.54, 1.807) is 7.11 Å². The molecule has 7 rings (SSSR count). The quantitative estimate of drug-likeness (QED) is 0.279. The Bertz CT molecular complexity index is 1880. The van der Waals surface area contributed by atoms with Gasteiger partial charge in [-0.1, -0.05) is 30.3 Å². The van der Waals surface area contributed by atoms with Crippen molar-refractivity contribution in [2.45, 2.75) is 31.6 Å². The fraction of sp³-hybridized carbons (Fsp3) is 0.242. The van der Waals surface area contributed by atoms with E-state index in [2.05, 4.69) is 0 Å². The Labute approximate surface area is 235 Å². The van der Waals surface area contributed by atoms with E-state index in [-0.39, 0.29) is 34.5 Å². The Hall–Kier alpha value is -4.85. The van der Waals surface area contributed by atoms with Gasteiger partial charge < -0.3 is 23.9 Å². The van der Waals surface area contributed by atoms with Crippen LogP contribution in [0.5, 0.6) is 23.1 Å². The predicted octanol–water partition coefficient (Wildman–Crippen LogP) is 6.36. The van der Waals surface area contributed by atoms with Gasteiger partial charge >= 0.3 is 0 Å². The van der Waals surface area contributed by atoms with Crippen molar-refractivity contribution in [1.82, 2.24) is 9.88 Å². The van der Waals surface area contributed by atoms with Gasteiger partial charge in [0, 0.05) is 59.6 Å². The van der Waals surface area contributed by atoms with Crippen molar-refractivity contribution < 1.29 is 23.8 Å². The average molecular weight is 549 g/mol. The van der Waals surface area contributed by atoms with E-state index >= 15 is 0 Å². The zero-order chi connectivity index (χ0) is 28.1. The van der Waals surface area contributed by atoms with Gasteiger partial charge in [0.1, 0.15) is 34.0 Å². The summed E-state index contributed by atoms with van der Waals surface area (Å²) in [5.74, 6) is 0.961. The number of phenols is 1. The summed E-state index contributed by atoms with van der Waals surface area (Å²) in [4.78, 5) is 33.8. The molecule has 3 aromatic carbocycles. The van der Waals surface area contributed by atoms with Gasteiger partial charge in [-0.15, -0.1) is 0 Å². The van der Waals surface area contributed by atoms with Crippen LogP contribution >= 0.6 is 0 Å². The number of benzene rings is 3. The molecule has 1 amide bonds. The third-order valence-corrected chi connectivity index (χ3v) is 8.07. The minimum absolute atomic E-state index is 0.0158. The standard InChI is InChI=1S/C33H28N2O6/c1-39-21-10-11-24-20(14-21)15-23-22(16-29(38)35-12-6-3-7-13-35)30-28(41-33(23)34-24)18-26(37)31-25(36)17-27(40-32(30)31)19-8-4-2-5-9-19/h2,4-5,8-11,14-15,17-18,22,37H,3,6-7,12-13,16H2,1H3. The monoisotopic (exact) mass is 548 g/mol. The molecule has 8 nitrogen and oxygen atoms in total. The van der Waals surface area contributed by atoms with Crippen LogP contribution in [0.3, 0.4) is 0 Å². The van der Waals surface area contributed by atoms with Crippen molar-refractivity contribution in [3.63, 3.8) is 0 Å². The summed E-state index contributed by atoms with van der Waals surface area (Å²) < 4.78 is 18.1. The van der Waals surface area contributed by atoms with Crippen molar-refractivity contribution in [3.8, 4) is 34.5 Å². The summed E-state index contributed by atoms with van der Waals surface area (Å²) in [6.07, 6.45) is 3.21. The zero-order valence-electron chi connectivity index (χ0n) is 22.6. The Balaban J connectivity index is 1.47. The summed E-state index contributed by atoms with van der Waals surface area (Å²) in [6, 6.07) is 19.7. The van der Waals surface area contributed by atoms with Crippen LogP contribution in [0.25, 0.3) is 33.2 Å². The number of amides is 1. The van der Waals surface area contributed by atoms with E-state index in [0.29, 0.717) is 39.8 Å². The number of rotatable bonds is 4. The van der Waals surface area contributed by atoms with Gasteiger partial charge in [0.2, 0.25) is 11.8 Å². The van der Waals surface area contributed by atoms with Crippen molar-refractivity contribution in [3.05, 3.63) is 88.1 Å². The second-order valence-corrected chi connectivity index (χ2v) is 10.6. The molecule has 0 spiro atoms. The number of hydrogen-bond acceptors (Lipinski definition) is 7. The van der Waals surface area contributed by atoms with Crippen LogP contribution in [-0.4, -0.2) is 41.1 Å². The van der Waals surface area contributed by atoms with Crippen LogP contribution in [0.4, 0.5) is 0 Å². The third-order valence-electron chi connectivity index (χ3n) is 8.07. The summed E-state index contributed by atoms with van der Waals surface area (Å²) in [5, 5.41) is 11.9. The predicted molar refractivity (Wildman–Crippen MR) is 155 cm³/mol. The van der Waals surface area contributed by atoms with Crippen LogP contribution in [0.2, 0.25) is 0 Å². The molecule has 1 unspecified atom stereocenters. The first-order chi connectivity index (χ1) is 20.0. The van der Waals surface area contributed by atoms with Gasteiger partial charge in [-0.2, -0.15) is 0 Å². The molecule has 1 saturated heterocycles. The second kappa shape index (κ2) is 9.96. The van der Waals surface area contributed by atoms with Gasteiger partial charge in [-0.3, -0.25) is 9.59 Å². The highest BCUT2D eigenvalue weighted by Gasteiger charge is 2.36. The van der Waals surface area contributed by atoms with Gasteiger partial charge in [0.15, 0.2) is 5.43 Å². The molecule has 206 valence electrons. The molecule has 0 radical (unpaired) electrons. The van der Waals surface area contributed by atoms with Crippen molar-refractivity contribution in [2.75, 3.05) is 20.2 Å². The fourth-order valence-electron chi connectivity index (χ4n) is 6.00. The number of carbonyl (C=O) groups excluding carboxylic acids is 1. The number of nitrogens with zero attached hydrogens (tertiary/aromatic N) is 2. The van der Waals surface area contributed by atoms with Gasteiger partial charge in [-0.05, 0) is 43.5 Å². The number of phenolic OH excluding ortho intramolecular Hbond substituents is 1. The summed E-state index contributed by atoms with van der Waals surface area (Å²) in [7, 11) is 1.61. The van der Waals surface area contributed by atoms with E-state index in [1.807, 2.05) is 59.5 Å². The molecule has 1 N–H and O–H groups in total. The Morgan fingerprint density at radius 1 is 1.05 bits per heavy atom. The maximum Gasteiger partial charge on any atom is 0.223 e. The summed E-state index contributed by atoms with van der Waals surface area (Å²) in [6.45, 7) is 1.44. The largest absolute Gasteiger partial charge is 0.507 e. The minimum atomic E-state index is -0.524. The number of carbonyl (C=O) groups is 1. The van der Waals surface area contributed by atoms with E-state index in [0.717, 1.165) is 43.3 Å². The molecule has 0 bridgehead atoms. The lowest BCUT2D eigenvalue weighted by Gasteiger charge is -2.32. The molecule has 4 heterocycles. The van der Waals surface area contributed by atoms with Crippen molar-refractivity contribution >= 4 is 27.8 Å². The van der Waals surface area contributed by atoms with E-state index < -0.39 is 5.92 Å². The number of fused-ring (bicyclic) bond motifs is 5. The van der Waals surface area contributed by atoms with Crippen molar-refractivity contribution in [2.24, 2.45) is 0 Å². The Morgan fingerprint density at radius 2 is 1.85 bits per heavy atom. The zero-order valence-corrected chi connectivity index (χ0v) is 22.6. The highest BCUT2D eigenvalue weighted by Crippen LogP contribution is 2.51. The van der Waals surface area contributed by atoms with Crippen LogP contribution in [0.1, 0.15) is 42.7 Å². The lowest BCUT2D eigenvalue weighted by molar-refractivity contribution is -0.132. The third kappa shape index (κ3) is 4.36.